The minimum Gasteiger partial charge on any atom is -0.462 e. The summed E-state index contributed by atoms with van der Waals surface area (Å²) in [6, 6.07) is 0. The van der Waals surface area contributed by atoms with Crippen LogP contribution in [0.25, 0.3) is 0 Å². The van der Waals surface area contributed by atoms with E-state index in [-0.39, 0.29) is 37.5 Å². The fourth-order valence-electron chi connectivity index (χ4n) is 8.21. The Kier molecular flexibility index (Phi) is 61.4. The van der Waals surface area contributed by atoms with Crippen molar-refractivity contribution in [1.82, 2.24) is 0 Å². The molecule has 0 fully saturated rings. The maximum absolute atomic E-state index is 12.9. The lowest BCUT2D eigenvalue weighted by Gasteiger charge is -2.18. The standard InChI is InChI=1S/C73H116O6/c1-4-7-10-13-16-19-22-25-28-31-32-33-34-35-36-37-38-39-40-41-42-43-46-48-51-54-57-60-63-66-72(75)78-69-70(79-73(76)67-64-61-58-55-52-49-45-30-27-24-21-18-15-12-9-6-3)68-77-71(74)65-62-59-56-53-50-47-44-29-26-23-20-17-14-11-8-5-2/h7,10,16,19-21,23-25,28-30,32-33,35-36,38-39,41-42,44-46,48,54,57,70H,4-6,8-9,11-15,17-18,22,26-27,31,34,37,40,43,47,49-53,55-56,58-69H2,1-3H3/b10-7-,19-16-,23-20-,24-21-,28-25-,33-32-,36-35-,39-38-,42-41-,44-29-,45-30-,48-46-,57-54-. The lowest BCUT2D eigenvalue weighted by Crippen LogP contribution is -2.30. The van der Waals surface area contributed by atoms with Gasteiger partial charge in [0.2, 0.25) is 0 Å². The first-order valence-corrected chi connectivity index (χ1v) is 32.0. The number of rotatable bonds is 56. The van der Waals surface area contributed by atoms with Crippen molar-refractivity contribution < 1.29 is 28.6 Å². The molecule has 1 unspecified atom stereocenters. The van der Waals surface area contributed by atoms with Gasteiger partial charge in [-0.15, -0.1) is 0 Å². The minimum absolute atomic E-state index is 0.115. The molecule has 79 heavy (non-hydrogen) atoms. The maximum Gasteiger partial charge on any atom is 0.306 e. The van der Waals surface area contributed by atoms with E-state index in [4.69, 9.17) is 14.2 Å². The Labute approximate surface area is 486 Å². The van der Waals surface area contributed by atoms with Gasteiger partial charge in [-0.2, -0.15) is 0 Å². The molecule has 0 rings (SSSR count). The van der Waals surface area contributed by atoms with Gasteiger partial charge in [0.1, 0.15) is 13.2 Å². The van der Waals surface area contributed by atoms with Crippen molar-refractivity contribution in [2.75, 3.05) is 13.2 Å². The van der Waals surface area contributed by atoms with Gasteiger partial charge in [-0.25, -0.2) is 0 Å². The molecule has 0 aliphatic rings. The summed E-state index contributed by atoms with van der Waals surface area (Å²) in [5.74, 6) is -1.01. The van der Waals surface area contributed by atoms with Crippen LogP contribution in [-0.4, -0.2) is 37.2 Å². The topological polar surface area (TPSA) is 78.9 Å². The molecule has 0 radical (unpaired) electrons. The van der Waals surface area contributed by atoms with E-state index in [1.54, 1.807) is 0 Å². The molecule has 0 aromatic rings. The van der Waals surface area contributed by atoms with E-state index in [1.165, 1.54) is 64.2 Å². The molecular weight excluding hydrogens is 973 g/mol. The average Bonchev–Trinajstić information content (AvgIpc) is 3.45. The number of hydrogen-bond acceptors (Lipinski definition) is 6. The Balaban J connectivity index is 4.51. The van der Waals surface area contributed by atoms with Crippen molar-refractivity contribution >= 4 is 17.9 Å². The number of carbonyl (C=O) groups is 3. The monoisotopic (exact) mass is 1090 g/mol. The summed E-state index contributed by atoms with van der Waals surface area (Å²) < 4.78 is 16.8. The Bertz CT molecular complexity index is 1780. The predicted molar refractivity (Wildman–Crippen MR) is 343 cm³/mol. The minimum atomic E-state index is -0.823. The Morgan fingerprint density at radius 3 is 0.823 bits per heavy atom. The van der Waals surface area contributed by atoms with Crippen LogP contribution in [0.1, 0.15) is 265 Å². The highest BCUT2D eigenvalue weighted by molar-refractivity contribution is 5.71. The average molecular weight is 1090 g/mol. The molecule has 0 aromatic heterocycles. The Morgan fingerprint density at radius 2 is 0.506 bits per heavy atom. The molecule has 0 aliphatic carbocycles. The van der Waals surface area contributed by atoms with E-state index >= 15 is 0 Å². The van der Waals surface area contributed by atoms with E-state index in [1.807, 2.05) is 0 Å². The van der Waals surface area contributed by atoms with Gasteiger partial charge < -0.3 is 14.2 Å². The van der Waals surface area contributed by atoms with Crippen molar-refractivity contribution in [3.05, 3.63) is 158 Å². The zero-order valence-corrected chi connectivity index (χ0v) is 50.8. The number of carbonyl (C=O) groups excluding carboxylic acids is 3. The third kappa shape index (κ3) is 63.7. The lowest BCUT2D eigenvalue weighted by atomic mass is 10.1. The summed E-state index contributed by atoms with van der Waals surface area (Å²) in [4.78, 5) is 38.3. The number of esters is 3. The van der Waals surface area contributed by atoms with Crippen LogP contribution in [0.4, 0.5) is 0 Å². The second-order valence-electron chi connectivity index (χ2n) is 20.6. The second kappa shape index (κ2) is 65.5. The highest BCUT2D eigenvalue weighted by Gasteiger charge is 2.19. The van der Waals surface area contributed by atoms with Crippen molar-refractivity contribution in [2.45, 2.75) is 271 Å². The fraction of sp³-hybridized carbons (Fsp3) is 0.603. The fourth-order valence-corrected chi connectivity index (χ4v) is 8.21. The van der Waals surface area contributed by atoms with Crippen LogP contribution >= 0.6 is 0 Å². The van der Waals surface area contributed by atoms with E-state index in [9.17, 15) is 14.4 Å². The molecule has 6 heteroatoms. The van der Waals surface area contributed by atoms with Crippen LogP contribution in [-0.2, 0) is 28.6 Å². The van der Waals surface area contributed by atoms with E-state index in [0.29, 0.717) is 19.3 Å². The molecule has 0 saturated carbocycles. The first-order valence-electron chi connectivity index (χ1n) is 32.0. The molecule has 0 aliphatic heterocycles. The summed E-state index contributed by atoms with van der Waals surface area (Å²) in [5, 5.41) is 0. The van der Waals surface area contributed by atoms with Crippen molar-refractivity contribution in [3.63, 3.8) is 0 Å². The molecule has 0 saturated heterocycles. The molecule has 0 spiro atoms. The summed E-state index contributed by atoms with van der Waals surface area (Å²) in [5.41, 5.74) is 0. The van der Waals surface area contributed by atoms with Crippen LogP contribution in [0, 0.1) is 0 Å². The third-order valence-corrected chi connectivity index (χ3v) is 13.0. The van der Waals surface area contributed by atoms with Gasteiger partial charge in [0.25, 0.3) is 0 Å². The summed E-state index contributed by atoms with van der Waals surface area (Å²) in [6.07, 6.45) is 95.3. The van der Waals surface area contributed by atoms with Crippen LogP contribution in [0.5, 0.6) is 0 Å². The van der Waals surface area contributed by atoms with Crippen molar-refractivity contribution in [3.8, 4) is 0 Å². The van der Waals surface area contributed by atoms with Crippen LogP contribution < -0.4 is 0 Å². The zero-order chi connectivity index (χ0) is 57.1. The quantitative estimate of drug-likeness (QED) is 0.0261. The van der Waals surface area contributed by atoms with Gasteiger partial charge in [-0.3, -0.25) is 14.4 Å². The Morgan fingerprint density at radius 1 is 0.266 bits per heavy atom. The van der Waals surface area contributed by atoms with Crippen molar-refractivity contribution in [2.24, 2.45) is 0 Å². The van der Waals surface area contributed by atoms with Gasteiger partial charge in [0.05, 0.1) is 0 Å². The largest absolute Gasteiger partial charge is 0.462 e. The van der Waals surface area contributed by atoms with Gasteiger partial charge in [0.15, 0.2) is 6.10 Å². The van der Waals surface area contributed by atoms with E-state index in [0.717, 1.165) is 154 Å². The molecule has 0 N–H and O–H groups in total. The highest BCUT2D eigenvalue weighted by atomic mass is 16.6. The molecule has 0 bridgehead atoms. The van der Waals surface area contributed by atoms with Gasteiger partial charge in [0, 0.05) is 19.3 Å². The van der Waals surface area contributed by atoms with Crippen LogP contribution in [0.2, 0.25) is 0 Å². The van der Waals surface area contributed by atoms with Gasteiger partial charge in [-0.05, 0) is 148 Å². The van der Waals surface area contributed by atoms with Crippen LogP contribution in [0.15, 0.2) is 158 Å². The molecule has 0 amide bonds. The predicted octanol–water partition coefficient (Wildman–Crippen LogP) is 22.1. The molecule has 0 aromatic carbocycles. The van der Waals surface area contributed by atoms with Gasteiger partial charge >= 0.3 is 17.9 Å². The number of unbranched alkanes of at least 4 members (excludes halogenated alkanes) is 19. The van der Waals surface area contributed by atoms with E-state index in [2.05, 4.69) is 179 Å². The van der Waals surface area contributed by atoms with Crippen molar-refractivity contribution in [1.29, 1.82) is 0 Å². The summed E-state index contributed by atoms with van der Waals surface area (Å²) in [7, 11) is 0. The second-order valence-corrected chi connectivity index (χ2v) is 20.6. The van der Waals surface area contributed by atoms with E-state index < -0.39 is 6.10 Å². The normalized spacial score (nSPS) is 13.2. The molecule has 1 atom stereocenters. The molecule has 444 valence electrons. The SMILES string of the molecule is CC/C=C\C/C=C\C/C=C\C/C=C\C/C=C\C/C=C\C/C=C\C/C=C\C/C=C\CCCC(=O)OCC(COC(=O)CCCCCCC/C=C\C/C=C\CCCCCC)OC(=O)CCCCCCC/C=C\C/C=C\CCCCCC. The molecule has 6 nitrogen and oxygen atoms in total. The van der Waals surface area contributed by atoms with Crippen LogP contribution in [0.3, 0.4) is 0 Å². The van der Waals surface area contributed by atoms with Gasteiger partial charge in [-0.1, -0.05) is 256 Å². The molecular formula is C73H116O6. The third-order valence-electron chi connectivity index (χ3n) is 13.0. The highest BCUT2D eigenvalue weighted by Crippen LogP contribution is 2.13. The summed E-state index contributed by atoms with van der Waals surface area (Å²) in [6.45, 7) is 6.42. The molecule has 0 heterocycles. The zero-order valence-electron chi connectivity index (χ0n) is 50.8. The smallest absolute Gasteiger partial charge is 0.306 e. The number of hydrogen-bond donors (Lipinski definition) is 0. The number of ether oxygens (including phenoxy) is 3. The first kappa shape index (κ1) is 74.0. The Hall–Kier alpha value is -4.97. The first-order chi connectivity index (χ1) is 39.0. The lowest BCUT2D eigenvalue weighted by molar-refractivity contribution is -0.167. The maximum atomic E-state index is 12.9. The summed E-state index contributed by atoms with van der Waals surface area (Å²) >= 11 is 0. The number of allylic oxidation sites excluding steroid dienone is 26.